The second kappa shape index (κ2) is 11.2. The minimum Gasteiger partial charge on any atom is -0.361 e. The standard InChI is InChI=1S/C27H26ClFN4O2/c28-23-8-4-5-9-25(23)33(21-6-2-1-3-7-21)27(35)18-32(26(34)12-14-30)15-13-19-17-31-24-16-20(29)10-11-22(19)24/h1-11,16-17,31H,12-15,18,30H2. The Balaban J connectivity index is 1.59. The van der Waals surface area contributed by atoms with Gasteiger partial charge in [-0.25, -0.2) is 4.39 Å². The molecule has 2 amide bonds. The van der Waals surface area contributed by atoms with Crippen LogP contribution in [-0.4, -0.2) is 41.3 Å². The SMILES string of the molecule is NCCC(=O)N(CCc1c[nH]c2cc(F)ccc12)CC(=O)N(c1ccccc1)c1ccccc1Cl. The van der Waals surface area contributed by atoms with Crippen molar-refractivity contribution in [3.05, 3.63) is 95.4 Å². The van der Waals surface area contributed by atoms with Gasteiger partial charge in [-0.1, -0.05) is 41.9 Å². The summed E-state index contributed by atoms with van der Waals surface area (Å²) < 4.78 is 13.5. The Hall–Kier alpha value is -3.68. The molecule has 180 valence electrons. The largest absolute Gasteiger partial charge is 0.361 e. The lowest BCUT2D eigenvalue weighted by Crippen LogP contribution is -2.43. The van der Waals surface area contributed by atoms with Crippen molar-refractivity contribution in [2.75, 3.05) is 24.5 Å². The second-order valence-electron chi connectivity index (χ2n) is 8.12. The number of nitrogens with two attached hydrogens (primary N) is 1. The molecule has 4 aromatic rings. The van der Waals surface area contributed by atoms with Crippen molar-refractivity contribution in [1.29, 1.82) is 0 Å². The molecule has 3 N–H and O–H groups in total. The first-order valence-corrected chi connectivity index (χ1v) is 11.7. The monoisotopic (exact) mass is 492 g/mol. The van der Waals surface area contributed by atoms with Gasteiger partial charge in [-0.05, 0) is 54.4 Å². The number of nitrogens with one attached hydrogen (secondary N) is 1. The smallest absolute Gasteiger partial charge is 0.251 e. The third-order valence-corrected chi connectivity index (χ3v) is 6.09. The lowest BCUT2D eigenvalue weighted by molar-refractivity contribution is -0.134. The molecule has 1 heterocycles. The fourth-order valence-electron chi connectivity index (χ4n) is 4.06. The number of anilines is 2. The van der Waals surface area contributed by atoms with Crippen LogP contribution < -0.4 is 10.6 Å². The van der Waals surface area contributed by atoms with Crippen LogP contribution >= 0.6 is 11.6 Å². The Bertz CT molecular complexity index is 1330. The molecule has 0 unspecified atom stereocenters. The number of H-pyrrole nitrogens is 1. The van der Waals surface area contributed by atoms with Crippen molar-refractivity contribution < 1.29 is 14.0 Å². The van der Waals surface area contributed by atoms with Gasteiger partial charge in [0.15, 0.2) is 0 Å². The molecule has 8 heteroatoms. The van der Waals surface area contributed by atoms with Gasteiger partial charge in [0.05, 0.1) is 10.7 Å². The number of nitrogens with zero attached hydrogens (tertiary/aromatic N) is 2. The van der Waals surface area contributed by atoms with Gasteiger partial charge in [-0.15, -0.1) is 0 Å². The lowest BCUT2D eigenvalue weighted by atomic mass is 10.1. The third kappa shape index (κ3) is 5.70. The molecule has 0 radical (unpaired) electrons. The Kier molecular flexibility index (Phi) is 7.80. The predicted octanol–water partition coefficient (Wildman–Crippen LogP) is 5.05. The van der Waals surface area contributed by atoms with Crippen LogP contribution in [0.15, 0.2) is 79.0 Å². The number of halogens is 2. The molecule has 3 aromatic carbocycles. The highest BCUT2D eigenvalue weighted by Crippen LogP contribution is 2.32. The maximum absolute atomic E-state index is 13.6. The van der Waals surface area contributed by atoms with E-state index in [-0.39, 0.29) is 37.1 Å². The molecule has 0 spiro atoms. The van der Waals surface area contributed by atoms with E-state index in [1.54, 1.807) is 30.5 Å². The molecule has 35 heavy (non-hydrogen) atoms. The number of amides is 2. The first kappa shape index (κ1) is 24.4. The van der Waals surface area contributed by atoms with E-state index in [0.717, 1.165) is 10.9 Å². The van der Waals surface area contributed by atoms with Crippen molar-refractivity contribution in [3.8, 4) is 0 Å². The van der Waals surface area contributed by atoms with Crippen molar-refractivity contribution >= 4 is 45.7 Å². The summed E-state index contributed by atoms with van der Waals surface area (Å²) in [5, 5.41) is 1.31. The van der Waals surface area contributed by atoms with Crippen molar-refractivity contribution in [3.63, 3.8) is 0 Å². The summed E-state index contributed by atoms with van der Waals surface area (Å²) in [5.41, 5.74) is 8.44. The van der Waals surface area contributed by atoms with Crippen LogP contribution in [0.1, 0.15) is 12.0 Å². The highest BCUT2D eigenvalue weighted by molar-refractivity contribution is 6.34. The number of fused-ring (bicyclic) bond motifs is 1. The van der Waals surface area contributed by atoms with Crippen LogP contribution in [0.4, 0.5) is 15.8 Å². The summed E-state index contributed by atoms with van der Waals surface area (Å²) >= 11 is 6.44. The van der Waals surface area contributed by atoms with Crippen LogP contribution in [0.2, 0.25) is 5.02 Å². The number of carbonyl (C=O) groups excluding carboxylic acids is 2. The lowest BCUT2D eigenvalue weighted by Gasteiger charge is -2.28. The normalized spacial score (nSPS) is 10.9. The number of hydrogen-bond donors (Lipinski definition) is 2. The zero-order chi connectivity index (χ0) is 24.8. The minimum atomic E-state index is -0.322. The van der Waals surface area contributed by atoms with Gasteiger partial charge >= 0.3 is 0 Å². The van der Waals surface area contributed by atoms with Crippen LogP contribution in [0.25, 0.3) is 10.9 Å². The van der Waals surface area contributed by atoms with Crippen LogP contribution in [0.5, 0.6) is 0 Å². The molecule has 0 fully saturated rings. The number of aromatic amines is 1. The second-order valence-corrected chi connectivity index (χ2v) is 8.53. The molecular formula is C27H26ClFN4O2. The van der Waals surface area contributed by atoms with Gasteiger partial charge in [-0.3, -0.25) is 14.5 Å². The zero-order valence-corrected chi connectivity index (χ0v) is 19.8. The fraction of sp³-hybridized carbons (Fsp3) is 0.185. The highest BCUT2D eigenvalue weighted by atomic mass is 35.5. The van der Waals surface area contributed by atoms with E-state index >= 15 is 0 Å². The number of carbonyl (C=O) groups is 2. The van der Waals surface area contributed by atoms with E-state index in [4.69, 9.17) is 17.3 Å². The predicted molar refractivity (Wildman–Crippen MR) is 137 cm³/mol. The summed E-state index contributed by atoms with van der Waals surface area (Å²) in [6.07, 6.45) is 2.42. The number of para-hydroxylation sites is 2. The molecule has 0 atom stereocenters. The van der Waals surface area contributed by atoms with E-state index in [1.807, 2.05) is 36.4 Å². The summed E-state index contributed by atoms with van der Waals surface area (Å²) in [6.45, 7) is 0.346. The van der Waals surface area contributed by atoms with Gasteiger partial charge in [0.1, 0.15) is 12.4 Å². The molecule has 0 aliphatic heterocycles. The van der Waals surface area contributed by atoms with Crippen molar-refractivity contribution in [2.24, 2.45) is 5.73 Å². The van der Waals surface area contributed by atoms with E-state index in [1.165, 1.54) is 21.9 Å². The summed E-state index contributed by atoms with van der Waals surface area (Å²) in [4.78, 5) is 32.6. The summed E-state index contributed by atoms with van der Waals surface area (Å²) in [6, 6.07) is 20.8. The minimum absolute atomic E-state index is 0.129. The Morgan fingerprint density at radius 3 is 2.46 bits per heavy atom. The summed E-state index contributed by atoms with van der Waals surface area (Å²) in [7, 11) is 0. The van der Waals surface area contributed by atoms with E-state index in [2.05, 4.69) is 4.98 Å². The van der Waals surface area contributed by atoms with Crippen LogP contribution in [0.3, 0.4) is 0 Å². The topological polar surface area (TPSA) is 82.4 Å². The van der Waals surface area contributed by atoms with E-state index in [9.17, 15) is 14.0 Å². The third-order valence-electron chi connectivity index (χ3n) is 5.77. The molecule has 0 bridgehead atoms. The first-order valence-electron chi connectivity index (χ1n) is 11.3. The highest BCUT2D eigenvalue weighted by Gasteiger charge is 2.25. The Labute approximate surface area is 208 Å². The maximum Gasteiger partial charge on any atom is 0.251 e. The fourth-order valence-corrected chi connectivity index (χ4v) is 4.28. The van der Waals surface area contributed by atoms with Gasteiger partial charge in [0, 0.05) is 42.3 Å². The number of hydrogen-bond acceptors (Lipinski definition) is 3. The van der Waals surface area contributed by atoms with Crippen LogP contribution in [0, 0.1) is 5.82 Å². The van der Waals surface area contributed by atoms with Crippen molar-refractivity contribution in [2.45, 2.75) is 12.8 Å². The molecule has 0 aliphatic rings. The van der Waals surface area contributed by atoms with Gasteiger partial charge in [-0.2, -0.15) is 0 Å². The molecule has 0 saturated heterocycles. The average Bonchev–Trinajstić information content (AvgIpc) is 3.25. The summed E-state index contributed by atoms with van der Waals surface area (Å²) in [5.74, 6) is -0.827. The van der Waals surface area contributed by atoms with Crippen molar-refractivity contribution in [1.82, 2.24) is 9.88 Å². The molecule has 0 saturated carbocycles. The van der Waals surface area contributed by atoms with Gasteiger partial charge in [0.25, 0.3) is 5.91 Å². The quantitative estimate of drug-likeness (QED) is 0.343. The average molecular weight is 493 g/mol. The number of rotatable bonds is 9. The Morgan fingerprint density at radius 2 is 1.71 bits per heavy atom. The number of benzene rings is 3. The molecule has 4 rings (SSSR count). The molecule has 0 aliphatic carbocycles. The maximum atomic E-state index is 13.6. The zero-order valence-electron chi connectivity index (χ0n) is 19.1. The molecular weight excluding hydrogens is 467 g/mol. The first-order chi connectivity index (χ1) is 17.0. The van der Waals surface area contributed by atoms with Gasteiger partial charge < -0.3 is 15.6 Å². The van der Waals surface area contributed by atoms with Crippen LogP contribution in [-0.2, 0) is 16.0 Å². The molecule has 6 nitrogen and oxygen atoms in total. The van der Waals surface area contributed by atoms with Gasteiger partial charge in [0.2, 0.25) is 5.91 Å². The van der Waals surface area contributed by atoms with E-state index < -0.39 is 0 Å². The molecule has 1 aromatic heterocycles. The van der Waals surface area contributed by atoms with E-state index in [0.29, 0.717) is 34.9 Å². The Morgan fingerprint density at radius 1 is 0.971 bits per heavy atom. The number of aromatic nitrogens is 1.